The highest BCUT2D eigenvalue weighted by atomic mass is 16.8. The summed E-state index contributed by atoms with van der Waals surface area (Å²) >= 11 is 0. The number of amides is 1. The molecule has 18 atom stereocenters. The Labute approximate surface area is 386 Å². The van der Waals surface area contributed by atoms with E-state index in [1.54, 1.807) is 6.92 Å². The maximum atomic E-state index is 14.8. The summed E-state index contributed by atoms with van der Waals surface area (Å²) < 4.78 is 34.8. The molecule has 5 aliphatic rings. The highest BCUT2D eigenvalue weighted by Gasteiger charge is 2.63. The number of hydrogen-bond acceptors (Lipinski definition) is 10. The fourth-order valence-electron chi connectivity index (χ4n) is 12.2. The minimum absolute atomic E-state index is 0.0294. The van der Waals surface area contributed by atoms with Crippen LogP contribution in [0.3, 0.4) is 0 Å². The van der Waals surface area contributed by atoms with E-state index in [4.69, 9.17) is 23.7 Å². The molecular formula is C53H77NO11. The van der Waals surface area contributed by atoms with Crippen LogP contribution >= 0.6 is 0 Å². The molecule has 7 rings (SSSR count). The number of benzene rings is 2. The SMILES string of the molecule is CC[C@@H](C(=O)[C@@H](C)[C@@H](O)[C@H](C)[C@@H]1O[C@@H]([C@@H](CC)C(=O)O)CC[C@@H]1C)[C@H]1O[C@]2(C=C[C@H](NC(=O)c3ccc4ccccc4c3)[C@]3(CC[C@@](C)([C@H]4CC[C@](O)(CC)[C@H](C)O4)O3)O2)[C@H](C)C[C@@H]1C. The Balaban J connectivity index is 1.15. The first-order valence-electron chi connectivity index (χ1n) is 24.8. The molecule has 4 N–H and O–H groups in total. The molecule has 0 unspecified atom stereocenters. The van der Waals surface area contributed by atoms with Gasteiger partial charge in [0.1, 0.15) is 11.8 Å². The Morgan fingerprint density at radius 1 is 0.846 bits per heavy atom. The van der Waals surface area contributed by atoms with Gasteiger partial charge >= 0.3 is 5.97 Å². The fourth-order valence-corrected chi connectivity index (χ4v) is 12.2. The topological polar surface area (TPSA) is 170 Å². The van der Waals surface area contributed by atoms with E-state index in [1.807, 2.05) is 96.2 Å². The molecule has 2 aromatic carbocycles. The van der Waals surface area contributed by atoms with E-state index in [1.165, 1.54) is 0 Å². The van der Waals surface area contributed by atoms with Crippen molar-refractivity contribution in [2.45, 2.75) is 199 Å². The van der Waals surface area contributed by atoms with Crippen LogP contribution in [-0.2, 0) is 33.3 Å². The zero-order valence-corrected chi connectivity index (χ0v) is 40.5. The number of Topliss-reactive ketones (excluding diaryl/α,β-unsaturated/α-hetero) is 1. The third kappa shape index (κ3) is 9.48. The molecule has 5 aliphatic heterocycles. The highest BCUT2D eigenvalue weighted by Crippen LogP contribution is 2.54. The van der Waals surface area contributed by atoms with Crippen LogP contribution in [-0.4, -0.2) is 98.4 Å². The lowest BCUT2D eigenvalue weighted by Gasteiger charge is -2.55. The summed E-state index contributed by atoms with van der Waals surface area (Å²) in [6.45, 7) is 19.7. The van der Waals surface area contributed by atoms with Crippen LogP contribution in [0, 0.1) is 41.4 Å². The lowest BCUT2D eigenvalue weighted by atomic mass is 9.72. The molecule has 0 aliphatic carbocycles. The minimum Gasteiger partial charge on any atom is -0.481 e. The first-order valence-corrected chi connectivity index (χ1v) is 24.8. The lowest BCUT2D eigenvalue weighted by molar-refractivity contribution is -0.397. The molecule has 2 aromatic rings. The maximum absolute atomic E-state index is 14.8. The summed E-state index contributed by atoms with van der Waals surface area (Å²) in [6.07, 6.45) is 6.47. The van der Waals surface area contributed by atoms with Crippen molar-refractivity contribution < 1.29 is 53.4 Å². The van der Waals surface area contributed by atoms with Crippen molar-refractivity contribution in [2.75, 3.05) is 0 Å². The Kier molecular flexibility index (Phi) is 14.8. The van der Waals surface area contributed by atoms with Crippen LogP contribution in [0.4, 0.5) is 0 Å². The third-order valence-electron chi connectivity index (χ3n) is 16.8. The van der Waals surface area contributed by atoms with E-state index in [9.17, 15) is 29.7 Å². The summed E-state index contributed by atoms with van der Waals surface area (Å²) in [6, 6.07) is 12.9. The third-order valence-corrected chi connectivity index (χ3v) is 16.8. The van der Waals surface area contributed by atoms with Crippen LogP contribution in [0.5, 0.6) is 0 Å². The monoisotopic (exact) mass is 904 g/mol. The van der Waals surface area contributed by atoms with Gasteiger partial charge in [0.25, 0.3) is 5.91 Å². The average Bonchev–Trinajstić information content (AvgIpc) is 3.63. The van der Waals surface area contributed by atoms with Crippen molar-refractivity contribution in [2.24, 2.45) is 41.4 Å². The molecule has 0 saturated carbocycles. The second-order valence-electron chi connectivity index (χ2n) is 21.0. The van der Waals surface area contributed by atoms with Crippen molar-refractivity contribution >= 4 is 28.4 Å². The number of nitrogens with one attached hydrogen (secondary N) is 1. The number of rotatable bonds is 14. The van der Waals surface area contributed by atoms with Crippen LogP contribution in [0.2, 0.25) is 0 Å². The number of hydrogen-bond donors (Lipinski definition) is 4. The number of ether oxygens (including phenoxy) is 5. The Hall–Kier alpha value is -3.23. The van der Waals surface area contributed by atoms with Gasteiger partial charge in [-0.1, -0.05) is 91.8 Å². The smallest absolute Gasteiger partial charge is 0.309 e. The first-order chi connectivity index (χ1) is 30.7. The van der Waals surface area contributed by atoms with E-state index >= 15 is 0 Å². The van der Waals surface area contributed by atoms with Crippen LogP contribution in [0.15, 0.2) is 54.6 Å². The molecular weight excluding hydrogens is 827 g/mol. The first kappa shape index (κ1) is 49.7. The Bertz CT molecular complexity index is 2060. The summed E-state index contributed by atoms with van der Waals surface area (Å²) in [4.78, 5) is 41.0. The van der Waals surface area contributed by atoms with Crippen LogP contribution in [0.25, 0.3) is 10.8 Å². The predicted octanol–water partition coefficient (Wildman–Crippen LogP) is 8.78. The molecule has 0 radical (unpaired) electrons. The average molecular weight is 904 g/mol. The maximum Gasteiger partial charge on any atom is 0.309 e. The number of aliphatic hydroxyl groups is 2. The Morgan fingerprint density at radius 2 is 1.55 bits per heavy atom. The molecule has 4 fully saturated rings. The van der Waals surface area contributed by atoms with Crippen molar-refractivity contribution in [3.63, 3.8) is 0 Å². The van der Waals surface area contributed by atoms with Gasteiger partial charge in [-0.05, 0) is 112 Å². The van der Waals surface area contributed by atoms with Gasteiger partial charge in [0.15, 0.2) is 11.6 Å². The number of carboxylic acid groups (broad SMARTS) is 1. The molecule has 360 valence electrons. The lowest BCUT2D eigenvalue weighted by Crippen LogP contribution is -2.65. The second-order valence-corrected chi connectivity index (χ2v) is 21.0. The molecule has 0 bridgehead atoms. The van der Waals surface area contributed by atoms with E-state index in [2.05, 4.69) is 26.1 Å². The quantitative estimate of drug-likeness (QED) is 0.134. The number of ketones is 1. The molecule has 65 heavy (non-hydrogen) atoms. The number of carbonyl (C=O) groups is 3. The summed E-state index contributed by atoms with van der Waals surface area (Å²) in [5.41, 5.74) is -1.23. The van der Waals surface area contributed by atoms with E-state index in [0.717, 1.165) is 17.2 Å². The van der Waals surface area contributed by atoms with Gasteiger partial charge < -0.3 is 44.3 Å². The number of aliphatic carboxylic acids is 1. The second kappa shape index (κ2) is 19.4. The van der Waals surface area contributed by atoms with Crippen LogP contribution < -0.4 is 5.32 Å². The molecule has 0 aromatic heterocycles. The highest BCUT2D eigenvalue weighted by molar-refractivity contribution is 5.99. The summed E-state index contributed by atoms with van der Waals surface area (Å²) in [5, 5.41) is 38.4. The summed E-state index contributed by atoms with van der Waals surface area (Å²) in [7, 11) is 0. The van der Waals surface area contributed by atoms with E-state index < -0.39 is 89.0 Å². The van der Waals surface area contributed by atoms with E-state index in [-0.39, 0.29) is 35.5 Å². The van der Waals surface area contributed by atoms with Crippen molar-refractivity contribution in [1.29, 1.82) is 0 Å². The predicted molar refractivity (Wildman–Crippen MR) is 248 cm³/mol. The van der Waals surface area contributed by atoms with Crippen LogP contribution in [0.1, 0.15) is 144 Å². The van der Waals surface area contributed by atoms with Gasteiger partial charge in [-0.15, -0.1) is 0 Å². The summed E-state index contributed by atoms with van der Waals surface area (Å²) in [5.74, 6) is -6.37. The minimum atomic E-state index is -1.36. The largest absolute Gasteiger partial charge is 0.481 e. The van der Waals surface area contributed by atoms with Gasteiger partial charge in [0.2, 0.25) is 0 Å². The van der Waals surface area contributed by atoms with Crippen molar-refractivity contribution in [3.8, 4) is 0 Å². The number of carboxylic acids is 1. The normalized spacial score (nSPS) is 39.7. The number of aliphatic hydroxyl groups excluding tert-OH is 1. The zero-order chi connectivity index (χ0) is 47.2. The fraction of sp³-hybridized carbons (Fsp3) is 0.717. The number of fused-ring (bicyclic) bond motifs is 1. The standard InChI is InChI=1S/C53H77NO11/c1-11-39(49(58)59)41-21-18-30(4)46(62-41)34(8)44(55)33(7)45(56)40(12-2)47-31(5)28-32(6)52(63-47)25-22-42(54-48(57)38-20-19-36-16-14-15-17-37(36)29-38)53(65-52)27-26-50(10,64-53)43-23-24-51(60,13-3)35(9)61-43/h14-17,19-20,22,25,29-35,39-44,46-47,55,60H,11-13,18,21,23-24,26-28H2,1-10H3,(H,54,57)(H,58,59)/t30-,31-,32+,33-,34-,35-,39+,40-,41+,42-,43+,44+,46+,47-,50-,51+,52-,53-/m0/s1. The van der Waals surface area contributed by atoms with Gasteiger partial charge in [0.05, 0.1) is 53.7 Å². The van der Waals surface area contributed by atoms with E-state index in [0.29, 0.717) is 63.4 Å². The molecule has 1 amide bonds. The van der Waals surface area contributed by atoms with Gasteiger partial charge in [-0.3, -0.25) is 14.4 Å². The molecule has 4 saturated heterocycles. The molecule has 12 heteroatoms. The van der Waals surface area contributed by atoms with Gasteiger partial charge in [-0.25, -0.2) is 0 Å². The van der Waals surface area contributed by atoms with Crippen molar-refractivity contribution in [1.82, 2.24) is 5.32 Å². The van der Waals surface area contributed by atoms with Gasteiger partial charge in [0, 0.05) is 35.7 Å². The zero-order valence-electron chi connectivity index (χ0n) is 40.5. The van der Waals surface area contributed by atoms with Crippen molar-refractivity contribution in [3.05, 3.63) is 60.2 Å². The Morgan fingerprint density at radius 3 is 2.22 bits per heavy atom. The number of carbonyl (C=O) groups excluding carboxylic acids is 2. The molecule has 5 heterocycles. The molecule has 12 nitrogen and oxygen atoms in total. The molecule has 2 spiro atoms. The van der Waals surface area contributed by atoms with Gasteiger partial charge in [-0.2, -0.15) is 0 Å².